The molecule has 1 unspecified atom stereocenters. The molecule has 1 atom stereocenters. The molecule has 0 saturated carbocycles. The number of rotatable bonds is 7. The van der Waals surface area contributed by atoms with E-state index in [1.54, 1.807) is 7.11 Å². The Labute approximate surface area is 181 Å². The first-order valence-electron chi connectivity index (χ1n) is 10.7. The molecule has 164 valence electrons. The number of methoxy groups -OCH3 is 1. The minimum Gasteiger partial charge on any atom is -0.491 e. The highest BCUT2D eigenvalue weighted by molar-refractivity contribution is 5.99. The van der Waals surface area contributed by atoms with Gasteiger partial charge in [0.15, 0.2) is 12.1 Å². The van der Waals surface area contributed by atoms with Crippen LogP contribution >= 0.6 is 0 Å². The summed E-state index contributed by atoms with van der Waals surface area (Å²) < 4.78 is 26.8. The second-order valence-corrected chi connectivity index (χ2v) is 9.20. The number of likely N-dealkylation sites (N-methyl/N-ethyl adjacent to an activating group) is 1. The van der Waals surface area contributed by atoms with Gasteiger partial charge >= 0.3 is 5.90 Å². The van der Waals surface area contributed by atoms with Crippen molar-refractivity contribution in [1.82, 2.24) is 0 Å². The van der Waals surface area contributed by atoms with Crippen LogP contribution in [0.5, 0.6) is 5.75 Å². The number of hydrogen-bond donors (Lipinski definition) is 0. The van der Waals surface area contributed by atoms with Crippen molar-refractivity contribution in [2.24, 2.45) is 0 Å². The Morgan fingerprint density at radius 3 is 2.13 bits per heavy atom. The van der Waals surface area contributed by atoms with Crippen LogP contribution in [0, 0.1) is 0 Å². The molecular weight excluding hydrogens is 378 g/mol. The van der Waals surface area contributed by atoms with Crippen molar-refractivity contribution in [2.75, 3.05) is 20.8 Å². The van der Waals surface area contributed by atoms with E-state index in [2.05, 4.69) is 43.7 Å². The molecule has 1 aromatic carbocycles. The third-order valence-corrected chi connectivity index (χ3v) is 5.67. The summed E-state index contributed by atoms with van der Waals surface area (Å²) in [4.78, 5) is 0. The first kappa shape index (κ1) is 22.4. The van der Waals surface area contributed by atoms with Gasteiger partial charge in [0, 0.05) is 33.0 Å². The zero-order valence-electron chi connectivity index (χ0n) is 19.6. The molecule has 1 heterocycles. The first-order chi connectivity index (χ1) is 14.1. The summed E-state index contributed by atoms with van der Waals surface area (Å²) in [6.07, 6.45) is 5.00. The van der Waals surface area contributed by atoms with E-state index >= 15 is 0 Å². The SMILES string of the molecule is COC1(C2=[N+](C)C(C)(C)CO2)CC=CC(OC(C)C)=C1c1ccc(OC(C)C)cc1. The molecule has 0 radical (unpaired) electrons. The lowest BCUT2D eigenvalue weighted by molar-refractivity contribution is -0.565. The van der Waals surface area contributed by atoms with Crippen molar-refractivity contribution in [1.29, 1.82) is 0 Å². The lowest BCUT2D eigenvalue weighted by Gasteiger charge is -2.34. The van der Waals surface area contributed by atoms with Crippen LogP contribution in [0.1, 0.15) is 53.5 Å². The lowest BCUT2D eigenvalue weighted by Crippen LogP contribution is -2.47. The summed E-state index contributed by atoms with van der Waals surface area (Å²) in [6, 6.07) is 8.15. The Bertz CT molecular complexity index is 862. The molecular formula is C25H36NO4+. The van der Waals surface area contributed by atoms with Crippen LogP contribution in [0.2, 0.25) is 0 Å². The van der Waals surface area contributed by atoms with Crippen LogP contribution in [-0.2, 0) is 14.2 Å². The van der Waals surface area contributed by atoms with Gasteiger partial charge in [-0.3, -0.25) is 0 Å². The molecule has 2 aliphatic rings. The molecule has 5 nitrogen and oxygen atoms in total. The van der Waals surface area contributed by atoms with E-state index in [0.717, 1.165) is 28.5 Å². The van der Waals surface area contributed by atoms with Crippen molar-refractivity contribution < 1.29 is 23.5 Å². The normalized spacial score (nSPS) is 23.4. The molecule has 0 saturated heterocycles. The maximum Gasteiger partial charge on any atom is 0.375 e. The van der Waals surface area contributed by atoms with Gasteiger partial charge in [0.1, 0.15) is 18.6 Å². The predicted octanol–water partition coefficient (Wildman–Crippen LogP) is 4.80. The quantitative estimate of drug-likeness (QED) is 0.601. The van der Waals surface area contributed by atoms with Crippen LogP contribution in [0.15, 0.2) is 42.2 Å². The Morgan fingerprint density at radius 1 is 1.00 bits per heavy atom. The molecule has 0 aromatic heterocycles. The molecule has 3 rings (SSSR count). The summed E-state index contributed by atoms with van der Waals surface area (Å²) in [5.74, 6) is 2.48. The predicted molar refractivity (Wildman–Crippen MR) is 120 cm³/mol. The fourth-order valence-electron chi connectivity index (χ4n) is 3.98. The van der Waals surface area contributed by atoms with E-state index in [1.165, 1.54) is 0 Å². The summed E-state index contributed by atoms with van der Waals surface area (Å²) in [5.41, 5.74) is 1.14. The molecule has 1 aliphatic heterocycles. The summed E-state index contributed by atoms with van der Waals surface area (Å²) in [5, 5.41) is 0. The van der Waals surface area contributed by atoms with Crippen LogP contribution in [0.25, 0.3) is 5.57 Å². The minimum atomic E-state index is -0.762. The van der Waals surface area contributed by atoms with Crippen LogP contribution in [0.3, 0.4) is 0 Å². The smallest absolute Gasteiger partial charge is 0.375 e. The Balaban J connectivity index is 2.18. The largest absolute Gasteiger partial charge is 0.491 e. The minimum absolute atomic E-state index is 0.0412. The zero-order valence-corrected chi connectivity index (χ0v) is 19.6. The molecule has 5 heteroatoms. The van der Waals surface area contributed by atoms with Gasteiger partial charge in [-0.15, -0.1) is 0 Å². The number of benzene rings is 1. The summed E-state index contributed by atoms with van der Waals surface area (Å²) in [6.45, 7) is 13.1. The molecule has 0 bridgehead atoms. The molecule has 1 aromatic rings. The second-order valence-electron chi connectivity index (χ2n) is 9.20. The summed E-state index contributed by atoms with van der Waals surface area (Å²) in [7, 11) is 3.82. The standard InChI is InChI=1S/C25H36NO4/c1-17(2)29-20-13-11-19(12-14-20)22-21(30-18(3)4)10-9-15-25(22,27-8)23-26(7)24(5,6)16-28-23/h9-14,17-18H,15-16H2,1-8H3/q+1. The van der Waals surface area contributed by atoms with Crippen molar-refractivity contribution in [2.45, 2.75) is 71.3 Å². The van der Waals surface area contributed by atoms with E-state index in [-0.39, 0.29) is 17.7 Å². The molecule has 1 aliphatic carbocycles. The number of nitrogens with zero attached hydrogens (tertiary/aromatic N) is 1. The average molecular weight is 415 g/mol. The van der Waals surface area contributed by atoms with E-state index in [4.69, 9.17) is 18.9 Å². The van der Waals surface area contributed by atoms with E-state index < -0.39 is 5.60 Å². The first-order valence-corrected chi connectivity index (χ1v) is 10.7. The summed E-state index contributed by atoms with van der Waals surface area (Å²) >= 11 is 0. The van der Waals surface area contributed by atoms with Crippen molar-refractivity contribution in [3.8, 4) is 5.75 Å². The van der Waals surface area contributed by atoms with Gasteiger partial charge in [-0.2, -0.15) is 4.58 Å². The molecule has 0 amide bonds. The van der Waals surface area contributed by atoms with Gasteiger partial charge in [-0.25, -0.2) is 0 Å². The van der Waals surface area contributed by atoms with Crippen molar-refractivity contribution in [3.05, 3.63) is 47.7 Å². The fraction of sp³-hybridized carbons (Fsp3) is 0.560. The van der Waals surface area contributed by atoms with E-state index in [1.807, 2.05) is 45.9 Å². The molecule has 0 spiro atoms. The van der Waals surface area contributed by atoms with Gasteiger partial charge < -0.3 is 18.9 Å². The van der Waals surface area contributed by atoms with Crippen LogP contribution in [-0.4, -0.2) is 54.6 Å². The van der Waals surface area contributed by atoms with Gasteiger partial charge in [-0.1, -0.05) is 18.2 Å². The maximum absolute atomic E-state index is 6.28. The number of allylic oxidation sites excluding steroid dienone is 1. The average Bonchev–Trinajstić information content (AvgIpc) is 2.95. The van der Waals surface area contributed by atoms with E-state index in [0.29, 0.717) is 13.0 Å². The van der Waals surface area contributed by atoms with E-state index in [9.17, 15) is 0 Å². The molecule has 30 heavy (non-hydrogen) atoms. The highest BCUT2D eigenvalue weighted by Gasteiger charge is 2.55. The fourth-order valence-corrected chi connectivity index (χ4v) is 3.98. The highest BCUT2D eigenvalue weighted by Crippen LogP contribution is 2.43. The monoisotopic (exact) mass is 414 g/mol. The number of ether oxygens (including phenoxy) is 4. The zero-order chi connectivity index (χ0) is 22.1. The lowest BCUT2D eigenvalue weighted by atomic mass is 9.80. The van der Waals surface area contributed by atoms with Crippen LogP contribution < -0.4 is 4.74 Å². The van der Waals surface area contributed by atoms with Gasteiger partial charge in [0.25, 0.3) is 0 Å². The van der Waals surface area contributed by atoms with Crippen LogP contribution in [0.4, 0.5) is 0 Å². The van der Waals surface area contributed by atoms with Gasteiger partial charge in [0.05, 0.1) is 12.2 Å². The topological polar surface area (TPSA) is 39.9 Å². The Hall–Kier alpha value is -2.27. The number of hydrogen-bond acceptors (Lipinski definition) is 4. The molecule has 0 N–H and O–H groups in total. The molecule has 0 fully saturated rings. The highest BCUT2D eigenvalue weighted by atomic mass is 16.6. The Kier molecular flexibility index (Phi) is 6.32. The third kappa shape index (κ3) is 4.13. The van der Waals surface area contributed by atoms with Gasteiger partial charge in [-0.05, 0) is 51.5 Å². The maximum atomic E-state index is 6.28. The van der Waals surface area contributed by atoms with Crippen molar-refractivity contribution in [3.63, 3.8) is 0 Å². The third-order valence-electron chi connectivity index (χ3n) is 5.67. The Morgan fingerprint density at radius 2 is 1.63 bits per heavy atom. The van der Waals surface area contributed by atoms with Crippen molar-refractivity contribution >= 4 is 11.5 Å². The second kappa shape index (κ2) is 8.46. The van der Waals surface area contributed by atoms with Gasteiger partial charge in [0.2, 0.25) is 5.60 Å².